The Morgan fingerprint density at radius 3 is 2.42 bits per heavy atom. The average Bonchev–Trinajstić information content (AvgIpc) is 2.63. The van der Waals surface area contributed by atoms with E-state index in [0.29, 0.717) is 0 Å². The summed E-state index contributed by atoms with van der Waals surface area (Å²) in [6, 6.07) is 15.2. The number of benzene rings is 2. The fraction of sp³-hybridized carbons (Fsp3) is 0.263. The van der Waals surface area contributed by atoms with E-state index in [0.717, 1.165) is 24.8 Å². The number of carbonyl (C=O) groups is 2. The van der Waals surface area contributed by atoms with E-state index < -0.39 is 10.8 Å². The lowest BCUT2D eigenvalue weighted by molar-refractivity contribution is -0.384. The number of amides is 2. The van der Waals surface area contributed by atoms with Crippen LogP contribution >= 0.6 is 0 Å². The first-order chi connectivity index (χ1) is 12.5. The topological polar surface area (TPSA) is 101 Å². The van der Waals surface area contributed by atoms with E-state index in [4.69, 9.17) is 0 Å². The predicted molar refractivity (Wildman–Crippen MR) is 95.5 cm³/mol. The van der Waals surface area contributed by atoms with Crippen LogP contribution in [-0.2, 0) is 10.3 Å². The van der Waals surface area contributed by atoms with Crippen molar-refractivity contribution in [2.45, 2.75) is 24.8 Å². The highest BCUT2D eigenvalue weighted by Gasteiger charge is 2.39. The molecule has 0 aliphatic heterocycles. The van der Waals surface area contributed by atoms with Gasteiger partial charge >= 0.3 is 0 Å². The second-order valence-electron chi connectivity index (χ2n) is 6.34. The number of carbonyl (C=O) groups excluding carboxylic acids is 2. The molecule has 26 heavy (non-hydrogen) atoms. The van der Waals surface area contributed by atoms with E-state index in [9.17, 15) is 19.7 Å². The largest absolute Gasteiger partial charge is 0.345 e. The van der Waals surface area contributed by atoms with Gasteiger partial charge in [-0.2, -0.15) is 0 Å². The molecule has 2 amide bonds. The normalized spacial score (nSPS) is 14.8. The van der Waals surface area contributed by atoms with E-state index in [-0.39, 0.29) is 29.2 Å². The van der Waals surface area contributed by atoms with Crippen molar-refractivity contribution in [3.05, 3.63) is 75.8 Å². The Morgan fingerprint density at radius 2 is 1.81 bits per heavy atom. The molecule has 7 heteroatoms. The van der Waals surface area contributed by atoms with Gasteiger partial charge in [0.25, 0.3) is 11.6 Å². The van der Waals surface area contributed by atoms with Crippen molar-refractivity contribution >= 4 is 17.5 Å². The summed E-state index contributed by atoms with van der Waals surface area (Å²) in [5.74, 6) is -0.807. The molecule has 0 radical (unpaired) electrons. The third-order valence-corrected chi connectivity index (χ3v) is 4.64. The van der Waals surface area contributed by atoms with Gasteiger partial charge in [-0.1, -0.05) is 36.4 Å². The van der Waals surface area contributed by atoms with Crippen molar-refractivity contribution in [3.63, 3.8) is 0 Å². The molecule has 0 bridgehead atoms. The number of nitro groups is 1. The molecular formula is C19H19N3O4. The SMILES string of the molecule is O=C(CNC(=O)c1cccc([N+](=O)[O-])c1)NC1(c2ccccc2)CCC1. The number of non-ortho nitro benzene ring substituents is 1. The zero-order valence-electron chi connectivity index (χ0n) is 14.1. The number of nitrogens with zero attached hydrogens (tertiary/aromatic N) is 1. The van der Waals surface area contributed by atoms with Crippen LogP contribution in [0.25, 0.3) is 0 Å². The smallest absolute Gasteiger partial charge is 0.270 e. The summed E-state index contributed by atoms with van der Waals surface area (Å²) in [5, 5.41) is 16.3. The first-order valence-electron chi connectivity index (χ1n) is 8.39. The molecule has 0 heterocycles. The minimum atomic E-state index is -0.566. The van der Waals surface area contributed by atoms with Crippen molar-refractivity contribution in [1.29, 1.82) is 0 Å². The van der Waals surface area contributed by atoms with Crippen LogP contribution in [0.5, 0.6) is 0 Å². The Bertz CT molecular complexity index is 832. The highest BCUT2D eigenvalue weighted by Crippen LogP contribution is 2.41. The molecule has 1 aliphatic carbocycles. The zero-order chi connectivity index (χ0) is 18.6. The van der Waals surface area contributed by atoms with Gasteiger partial charge in [0.15, 0.2) is 0 Å². The highest BCUT2D eigenvalue weighted by atomic mass is 16.6. The van der Waals surface area contributed by atoms with Gasteiger partial charge < -0.3 is 10.6 Å². The molecule has 0 spiro atoms. The number of nitro benzene ring substituents is 1. The standard InChI is InChI=1S/C19H19N3O4/c23-17(21-19(10-5-11-19)15-7-2-1-3-8-15)13-20-18(24)14-6-4-9-16(12-14)22(25)26/h1-4,6-9,12H,5,10-11,13H2,(H,20,24)(H,21,23). The molecule has 2 aromatic rings. The Balaban J connectivity index is 1.59. The van der Waals surface area contributed by atoms with Gasteiger partial charge in [-0.3, -0.25) is 19.7 Å². The fourth-order valence-corrected chi connectivity index (χ4v) is 3.11. The number of rotatable bonds is 6. The lowest BCUT2D eigenvalue weighted by atomic mass is 9.72. The molecule has 0 unspecified atom stereocenters. The van der Waals surface area contributed by atoms with E-state index in [1.165, 1.54) is 24.3 Å². The van der Waals surface area contributed by atoms with Crippen LogP contribution in [0, 0.1) is 10.1 Å². The minimum Gasteiger partial charge on any atom is -0.345 e. The summed E-state index contributed by atoms with van der Waals surface area (Å²) < 4.78 is 0. The zero-order valence-corrected chi connectivity index (χ0v) is 14.1. The third-order valence-electron chi connectivity index (χ3n) is 4.64. The first kappa shape index (κ1) is 17.6. The van der Waals surface area contributed by atoms with E-state index in [1.807, 2.05) is 30.3 Å². The number of hydrogen-bond acceptors (Lipinski definition) is 4. The molecule has 3 rings (SSSR count). The van der Waals surface area contributed by atoms with Crippen LogP contribution in [0.15, 0.2) is 54.6 Å². The molecule has 7 nitrogen and oxygen atoms in total. The lowest BCUT2D eigenvalue weighted by Gasteiger charge is -2.43. The monoisotopic (exact) mass is 353 g/mol. The number of hydrogen-bond donors (Lipinski definition) is 2. The van der Waals surface area contributed by atoms with E-state index >= 15 is 0 Å². The van der Waals surface area contributed by atoms with Gasteiger partial charge in [0.2, 0.25) is 5.91 Å². The maximum absolute atomic E-state index is 12.3. The summed E-state index contributed by atoms with van der Waals surface area (Å²) in [7, 11) is 0. The van der Waals surface area contributed by atoms with Gasteiger partial charge in [-0.15, -0.1) is 0 Å². The third kappa shape index (κ3) is 3.72. The van der Waals surface area contributed by atoms with E-state index in [1.54, 1.807) is 0 Å². The summed E-state index contributed by atoms with van der Waals surface area (Å²) in [5.41, 5.74) is 0.673. The fourth-order valence-electron chi connectivity index (χ4n) is 3.11. The summed E-state index contributed by atoms with van der Waals surface area (Å²) >= 11 is 0. The quantitative estimate of drug-likeness (QED) is 0.615. The van der Waals surface area contributed by atoms with Crippen LogP contribution in [0.1, 0.15) is 35.2 Å². The van der Waals surface area contributed by atoms with Crippen molar-refractivity contribution in [2.75, 3.05) is 6.54 Å². The molecular weight excluding hydrogens is 334 g/mol. The molecule has 0 aromatic heterocycles. The van der Waals surface area contributed by atoms with Gasteiger partial charge in [-0.05, 0) is 30.9 Å². The predicted octanol–water partition coefficient (Wildman–Crippen LogP) is 2.52. The Morgan fingerprint density at radius 1 is 1.08 bits per heavy atom. The van der Waals surface area contributed by atoms with Crippen LogP contribution in [0.2, 0.25) is 0 Å². The van der Waals surface area contributed by atoms with Gasteiger partial charge in [-0.25, -0.2) is 0 Å². The molecule has 1 saturated carbocycles. The Hall–Kier alpha value is -3.22. The van der Waals surface area contributed by atoms with Crippen LogP contribution in [0.3, 0.4) is 0 Å². The van der Waals surface area contributed by atoms with Gasteiger partial charge in [0, 0.05) is 17.7 Å². The minimum absolute atomic E-state index is 0.147. The molecule has 134 valence electrons. The molecule has 0 atom stereocenters. The summed E-state index contributed by atoms with van der Waals surface area (Å²) in [6.45, 7) is -0.184. The molecule has 1 fully saturated rings. The molecule has 1 aliphatic rings. The van der Waals surface area contributed by atoms with Crippen molar-refractivity contribution in [2.24, 2.45) is 0 Å². The van der Waals surface area contributed by atoms with Crippen molar-refractivity contribution in [3.8, 4) is 0 Å². The molecule has 2 N–H and O–H groups in total. The second-order valence-corrected chi connectivity index (χ2v) is 6.34. The lowest BCUT2D eigenvalue weighted by Crippen LogP contribution is -2.53. The van der Waals surface area contributed by atoms with Gasteiger partial charge in [0.05, 0.1) is 17.0 Å². The Kier molecular flexibility index (Phi) is 4.97. The molecule has 0 saturated heterocycles. The highest BCUT2D eigenvalue weighted by molar-refractivity contribution is 5.97. The Labute approximate surface area is 150 Å². The van der Waals surface area contributed by atoms with Crippen molar-refractivity contribution in [1.82, 2.24) is 10.6 Å². The average molecular weight is 353 g/mol. The second kappa shape index (κ2) is 7.35. The molecule has 2 aromatic carbocycles. The first-order valence-corrected chi connectivity index (χ1v) is 8.39. The van der Waals surface area contributed by atoms with Crippen LogP contribution in [0.4, 0.5) is 5.69 Å². The summed E-state index contributed by atoms with van der Waals surface area (Å²) in [4.78, 5) is 34.6. The maximum atomic E-state index is 12.3. The summed E-state index contributed by atoms with van der Waals surface area (Å²) in [6.07, 6.45) is 2.76. The van der Waals surface area contributed by atoms with E-state index in [2.05, 4.69) is 10.6 Å². The number of nitrogens with one attached hydrogen (secondary N) is 2. The van der Waals surface area contributed by atoms with Crippen LogP contribution < -0.4 is 10.6 Å². The van der Waals surface area contributed by atoms with Gasteiger partial charge in [0.1, 0.15) is 0 Å². The maximum Gasteiger partial charge on any atom is 0.270 e. The van der Waals surface area contributed by atoms with Crippen molar-refractivity contribution < 1.29 is 14.5 Å². The van der Waals surface area contributed by atoms with Crippen LogP contribution in [-0.4, -0.2) is 23.3 Å².